The Balaban J connectivity index is 2.18. The van der Waals surface area contributed by atoms with Gasteiger partial charge in [-0.3, -0.25) is 4.79 Å². The van der Waals surface area contributed by atoms with Gasteiger partial charge in [-0.05, 0) is 50.5 Å². The van der Waals surface area contributed by atoms with Crippen LogP contribution in [0.2, 0.25) is 0 Å². The summed E-state index contributed by atoms with van der Waals surface area (Å²) in [5.74, 6) is 0.00928. The number of nitrogens with two attached hydrogens (primary N) is 1. The van der Waals surface area contributed by atoms with Crippen LogP contribution in [0.5, 0.6) is 0 Å². The Morgan fingerprint density at radius 3 is 2.40 bits per heavy atom. The van der Waals surface area contributed by atoms with Crippen LogP contribution in [-0.4, -0.2) is 19.6 Å². The van der Waals surface area contributed by atoms with Crippen molar-refractivity contribution in [1.82, 2.24) is 0 Å². The fourth-order valence-corrected chi connectivity index (χ4v) is 3.39. The molecule has 2 N–H and O–H groups in total. The number of hydrogen-bond donors (Lipinski definition) is 1. The van der Waals surface area contributed by atoms with E-state index in [4.69, 9.17) is 10.5 Å². The number of esters is 1. The number of carbonyl (C=O) groups is 1. The summed E-state index contributed by atoms with van der Waals surface area (Å²) in [4.78, 5) is 11.8. The number of methoxy groups -OCH3 is 1. The van der Waals surface area contributed by atoms with Crippen LogP contribution in [0.1, 0.15) is 44.9 Å². The molecular weight excluding hydrogens is 190 g/mol. The summed E-state index contributed by atoms with van der Waals surface area (Å²) >= 11 is 0. The van der Waals surface area contributed by atoms with Crippen molar-refractivity contribution in [2.24, 2.45) is 16.6 Å². The molecule has 3 rings (SSSR count). The second-order valence-electron chi connectivity index (χ2n) is 5.33. The number of rotatable bonds is 2. The van der Waals surface area contributed by atoms with Crippen molar-refractivity contribution in [3.63, 3.8) is 0 Å². The van der Waals surface area contributed by atoms with E-state index in [0.29, 0.717) is 5.41 Å². The van der Waals surface area contributed by atoms with Crippen LogP contribution in [-0.2, 0) is 9.53 Å². The van der Waals surface area contributed by atoms with E-state index in [2.05, 4.69) is 0 Å². The summed E-state index contributed by atoms with van der Waals surface area (Å²) in [7, 11) is 1.51. The van der Waals surface area contributed by atoms with Gasteiger partial charge < -0.3 is 10.5 Å². The van der Waals surface area contributed by atoms with Crippen LogP contribution >= 0.6 is 0 Å². The Bertz CT molecular complexity index is 254. The van der Waals surface area contributed by atoms with Gasteiger partial charge in [-0.25, -0.2) is 0 Å². The standard InChI is InChI=1S/C12H21NO2/c1-15-10(14)12-4-2-3-11(9-13,5-7-12)6-8-12/h2-9,13H2,1H3. The van der Waals surface area contributed by atoms with Crippen LogP contribution in [0.25, 0.3) is 0 Å². The second-order valence-corrected chi connectivity index (χ2v) is 5.33. The third kappa shape index (κ3) is 1.67. The van der Waals surface area contributed by atoms with Crippen molar-refractivity contribution >= 4 is 5.97 Å². The number of fused-ring (bicyclic) bond motifs is 4. The lowest BCUT2D eigenvalue weighted by atomic mass is 9.65. The van der Waals surface area contributed by atoms with E-state index < -0.39 is 0 Å². The normalized spacial score (nSPS) is 39.9. The smallest absolute Gasteiger partial charge is 0.311 e. The molecule has 3 aliphatic rings. The fraction of sp³-hybridized carbons (Fsp3) is 0.917. The van der Waals surface area contributed by atoms with Crippen LogP contribution in [0.15, 0.2) is 0 Å². The van der Waals surface area contributed by atoms with E-state index in [0.717, 1.165) is 45.1 Å². The highest BCUT2D eigenvalue weighted by molar-refractivity contribution is 5.77. The molecule has 3 nitrogen and oxygen atoms in total. The first-order valence-electron chi connectivity index (χ1n) is 5.95. The first kappa shape index (κ1) is 10.9. The maximum atomic E-state index is 11.8. The zero-order valence-electron chi connectivity index (χ0n) is 9.55. The largest absolute Gasteiger partial charge is 0.469 e. The highest BCUT2D eigenvalue weighted by Crippen LogP contribution is 2.54. The van der Waals surface area contributed by atoms with Crippen molar-refractivity contribution < 1.29 is 9.53 Å². The topological polar surface area (TPSA) is 52.3 Å². The van der Waals surface area contributed by atoms with Gasteiger partial charge in [0, 0.05) is 0 Å². The maximum absolute atomic E-state index is 11.8. The lowest BCUT2D eigenvalue weighted by molar-refractivity contribution is -0.155. The molecule has 0 unspecified atom stereocenters. The van der Waals surface area contributed by atoms with Crippen molar-refractivity contribution in [2.75, 3.05) is 13.7 Å². The highest BCUT2D eigenvalue weighted by atomic mass is 16.5. The summed E-state index contributed by atoms with van der Waals surface area (Å²) in [6, 6.07) is 0. The molecular formula is C12H21NO2. The number of hydrogen-bond acceptors (Lipinski definition) is 3. The monoisotopic (exact) mass is 211 g/mol. The minimum Gasteiger partial charge on any atom is -0.469 e. The summed E-state index contributed by atoms with van der Waals surface area (Å²) in [5.41, 5.74) is 6.06. The van der Waals surface area contributed by atoms with Gasteiger partial charge in [-0.15, -0.1) is 0 Å². The Kier molecular flexibility index (Phi) is 2.75. The van der Waals surface area contributed by atoms with Gasteiger partial charge in [0.15, 0.2) is 0 Å². The molecule has 15 heavy (non-hydrogen) atoms. The molecule has 0 atom stereocenters. The van der Waals surface area contributed by atoms with Crippen molar-refractivity contribution in [3.05, 3.63) is 0 Å². The quantitative estimate of drug-likeness (QED) is 0.709. The van der Waals surface area contributed by atoms with Crippen molar-refractivity contribution in [2.45, 2.75) is 44.9 Å². The third-order valence-electron chi connectivity index (χ3n) is 4.68. The van der Waals surface area contributed by atoms with E-state index in [1.165, 1.54) is 13.5 Å². The molecule has 0 aromatic heterocycles. The Labute approximate surface area is 91.4 Å². The lowest BCUT2D eigenvalue weighted by Crippen LogP contribution is -2.40. The molecule has 0 aromatic rings. The molecule has 0 spiro atoms. The summed E-state index contributed by atoms with van der Waals surface area (Å²) < 4.78 is 4.96. The predicted molar refractivity (Wildman–Crippen MR) is 58.3 cm³/mol. The molecule has 0 saturated heterocycles. The summed E-state index contributed by atoms with van der Waals surface area (Å²) in [6.07, 6.45) is 7.51. The molecule has 0 radical (unpaired) electrons. The minimum atomic E-state index is -0.163. The van der Waals surface area contributed by atoms with Crippen LogP contribution < -0.4 is 5.73 Å². The molecule has 0 heterocycles. The molecule has 3 saturated carbocycles. The van der Waals surface area contributed by atoms with Crippen LogP contribution in [0.4, 0.5) is 0 Å². The third-order valence-corrected chi connectivity index (χ3v) is 4.68. The minimum absolute atomic E-state index is 0.00928. The van der Waals surface area contributed by atoms with Gasteiger partial charge >= 0.3 is 5.97 Å². The molecule has 3 aliphatic carbocycles. The van der Waals surface area contributed by atoms with E-state index in [1.54, 1.807) is 0 Å². The fourth-order valence-electron chi connectivity index (χ4n) is 3.39. The van der Waals surface area contributed by atoms with Gasteiger partial charge in [0.1, 0.15) is 0 Å². The molecule has 3 heteroatoms. The zero-order valence-corrected chi connectivity index (χ0v) is 9.55. The number of ether oxygens (including phenoxy) is 1. The van der Waals surface area contributed by atoms with E-state index >= 15 is 0 Å². The highest BCUT2D eigenvalue weighted by Gasteiger charge is 2.49. The number of carbonyl (C=O) groups excluding carboxylic acids is 1. The zero-order chi connectivity index (χ0) is 10.9. The Morgan fingerprint density at radius 2 is 1.87 bits per heavy atom. The average Bonchev–Trinajstić information content (AvgIpc) is 2.59. The first-order valence-corrected chi connectivity index (χ1v) is 5.95. The van der Waals surface area contributed by atoms with E-state index in [9.17, 15) is 4.79 Å². The predicted octanol–water partition coefficient (Wildman–Crippen LogP) is 1.85. The van der Waals surface area contributed by atoms with Gasteiger partial charge in [-0.1, -0.05) is 6.42 Å². The molecule has 0 aromatic carbocycles. The van der Waals surface area contributed by atoms with Gasteiger partial charge in [0.2, 0.25) is 0 Å². The Hall–Kier alpha value is -0.570. The molecule has 2 bridgehead atoms. The van der Waals surface area contributed by atoms with Crippen molar-refractivity contribution in [1.29, 1.82) is 0 Å². The van der Waals surface area contributed by atoms with Gasteiger partial charge in [-0.2, -0.15) is 0 Å². The van der Waals surface area contributed by atoms with Gasteiger partial charge in [0.25, 0.3) is 0 Å². The SMILES string of the molecule is COC(=O)C12CCCC(CN)(CC1)CC2. The maximum Gasteiger partial charge on any atom is 0.311 e. The van der Waals surface area contributed by atoms with Gasteiger partial charge in [0.05, 0.1) is 12.5 Å². The molecule has 0 amide bonds. The average molecular weight is 211 g/mol. The molecule has 86 valence electrons. The summed E-state index contributed by atoms with van der Waals surface area (Å²) in [6.45, 7) is 0.782. The van der Waals surface area contributed by atoms with Crippen LogP contribution in [0.3, 0.4) is 0 Å². The summed E-state index contributed by atoms with van der Waals surface area (Å²) in [5, 5.41) is 0. The second kappa shape index (κ2) is 3.78. The van der Waals surface area contributed by atoms with Crippen LogP contribution in [0, 0.1) is 10.8 Å². The Morgan fingerprint density at radius 1 is 1.20 bits per heavy atom. The first-order chi connectivity index (χ1) is 7.16. The van der Waals surface area contributed by atoms with E-state index in [1.807, 2.05) is 0 Å². The molecule has 3 fully saturated rings. The van der Waals surface area contributed by atoms with Crippen molar-refractivity contribution in [3.8, 4) is 0 Å². The lowest BCUT2D eigenvalue weighted by Gasteiger charge is -2.40. The molecule has 0 aliphatic heterocycles. The van der Waals surface area contributed by atoms with E-state index in [-0.39, 0.29) is 11.4 Å².